The number of hydrogen-bond donors (Lipinski definition) is 1. The third kappa shape index (κ3) is 4.14. The van der Waals surface area contributed by atoms with Crippen molar-refractivity contribution in [1.82, 2.24) is 4.98 Å². The first-order valence-electron chi connectivity index (χ1n) is 11.0. The van der Waals surface area contributed by atoms with E-state index in [2.05, 4.69) is 10.3 Å². The number of nitrogens with zero attached hydrogens (tertiary/aromatic N) is 2. The maximum absolute atomic E-state index is 13.2. The standard InChI is InChI=1S/C27H20ClN3O4S/c1-14-4-5-15(2)22(10-14)31-25(33)18-8-6-17(11-19(18)26(31)34)24(32)30-27-29-21(13-36-27)16-7-9-23(35-3)20(28)12-16/h4-13H,1-3H3,(H,29,30,32). The topological polar surface area (TPSA) is 88.6 Å². The second kappa shape index (κ2) is 9.22. The third-order valence-electron chi connectivity index (χ3n) is 5.93. The van der Waals surface area contributed by atoms with E-state index in [4.69, 9.17) is 16.3 Å². The zero-order valence-electron chi connectivity index (χ0n) is 19.6. The lowest BCUT2D eigenvalue weighted by molar-refractivity contribution is 0.0925. The number of anilines is 2. The van der Waals surface area contributed by atoms with Gasteiger partial charge in [0.05, 0.1) is 34.6 Å². The van der Waals surface area contributed by atoms with Crippen LogP contribution in [0.2, 0.25) is 5.02 Å². The Labute approximate surface area is 216 Å². The number of thiazole rings is 1. The fraction of sp³-hybridized carbons (Fsp3) is 0.111. The minimum Gasteiger partial charge on any atom is -0.495 e. The highest BCUT2D eigenvalue weighted by molar-refractivity contribution is 7.14. The number of amides is 3. The summed E-state index contributed by atoms with van der Waals surface area (Å²) in [6.07, 6.45) is 0. The van der Waals surface area contributed by atoms with Gasteiger partial charge >= 0.3 is 0 Å². The summed E-state index contributed by atoms with van der Waals surface area (Å²) in [4.78, 5) is 44.8. The van der Waals surface area contributed by atoms with Crippen molar-refractivity contribution < 1.29 is 19.1 Å². The molecule has 1 aromatic heterocycles. The molecule has 0 spiro atoms. The molecule has 7 nitrogen and oxygen atoms in total. The van der Waals surface area contributed by atoms with Gasteiger partial charge in [-0.3, -0.25) is 19.7 Å². The molecule has 2 heterocycles. The van der Waals surface area contributed by atoms with Crippen LogP contribution in [0.4, 0.5) is 10.8 Å². The third-order valence-corrected chi connectivity index (χ3v) is 6.98. The van der Waals surface area contributed by atoms with E-state index in [9.17, 15) is 14.4 Å². The van der Waals surface area contributed by atoms with Crippen molar-refractivity contribution in [2.75, 3.05) is 17.3 Å². The Morgan fingerprint density at radius 3 is 2.53 bits per heavy atom. The van der Waals surface area contributed by atoms with E-state index < -0.39 is 17.7 Å². The van der Waals surface area contributed by atoms with Crippen molar-refractivity contribution >= 4 is 51.5 Å². The highest BCUT2D eigenvalue weighted by Crippen LogP contribution is 2.33. The first kappa shape index (κ1) is 23.7. The minimum atomic E-state index is -0.453. The summed E-state index contributed by atoms with van der Waals surface area (Å²) in [5, 5.41) is 5.42. The van der Waals surface area contributed by atoms with E-state index in [1.54, 1.807) is 30.7 Å². The number of aryl methyl sites for hydroxylation is 2. The number of aromatic nitrogens is 1. The molecule has 1 N–H and O–H groups in total. The van der Waals surface area contributed by atoms with Crippen LogP contribution >= 0.6 is 22.9 Å². The predicted octanol–water partition coefficient (Wildman–Crippen LogP) is 6.14. The number of imide groups is 1. The van der Waals surface area contributed by atoms with Gasteiger partial charge in [-0.1, -0.05) is 23.7 Å². The molecule has 0 atom stereocenters. The largest absolute Gasteiger partial charge is 0.495 e. The molecule has 180 valence electrons. The molecule has 0 fully saturated rings. The summed E-state index contributed by atoms with van der Waals surface area (Å²) < 4.78 is 5.18. The summed E-state index contributed by atoms with van der Waals surface area (Å²) in [7, 11) is 1.54. The number of fused-ring (bicyclic) bond motifs is 1. The van der Waals surface area contributed by atoms with Gasteiger partial charge in [-0.05, 0) is 67.4 Å². The molecule has 0 aliphatic carbocycles. The molecular formula is C27H20ClN3O4S. The number of methoxy groups -OCH3 is 1. The van der Waals surface area contributed by atoms with E-state index >= 15 is 0 Å². The van der Waals surface area contributed by atoms with Crippen LogP contribution in [-0.2, 0) is 0 Å². The van der Waals surface area contributed by atoms with Gasteiger partial charge in [0.15, 0.2) is 5.13 Å². The summed E-state index contributed by atoms with van der Waals surface area (Å²) in [6.45, 7) is 3.75. The molecule has 5 rings (SSSR count). The maximum Gasteiger partial charge on any atom is 0.266 e. The molecule has 9 heteroatoms. The Morgan fingerprint density at radius 1 is 1.00 bits per heavy atom. The summed E-state index contributed by atoms with van der Waals surface area (Å²) in [5.74, 6) is -0.730. The second-order valence-electron chi connectivity index (χ2n) is 8.34. The molecule has 3 amide bonds. The number of benzene rings is 3. The number of ether oxygens (including phenoxy) is 1. The Morgan fingerprint density at radius 2 is 1.78 bits per heavy atom. The van der Waals surface area contributed by atoms with Crippen molar-refractivity contribution in [1.29, 1.82) is 0 Å². The van der Waals surface area contributed by atoms with Gasteiger partial charge in [0.1, 0.15) is 5.75 Å². The Bertz CT molecular complexity index is 1560. The van der Waals surface area contributed by atoms with Gasteiger partial charge in [-0.25, -0.2) is 9.88 Å². The number of carbonyl (C=O) groups excluding carboxylic acids is 3. The van der Waals surface area contributed by atoms with E-state index in [0.29, 0.717) is 27.3 Å². The minimum absolute atomic E-state index is 0.196. The highest BCUT2D eigenvalue weighted by Gasteiger charge is 2.37. The zero-order valence-corrected chi connectivity index (χ0v) is 21.2. The van der Waals surface area contributed by atoms with Gasteiger partial charge in [-0.2, -0.15) is 0 Å². The van der Waals surface area contributed by atoms with Crippen LogP contribution in [0, 0.1) is 13.8 Å². The summed E-state index contributed by atoms with van der Waals surface area (Å²) in [5.41, 5.74) is 4.44. The van der Waals surface area contributed by atoms with Gasteiger partial charge in [0, 0.05) is 16.5 Å². The maximum atomic E-state index is 13.2. The van der Waals surface area contributed by atoms with Crippen LogP contribution in [0.15, 0.2) is 60.0 Å². The summed E-state index contributed by atoms with van der Waals surface area (Å²) >= 11 is 7.47. The number of rotatable bonds is 5. The Kier molecular flexibility index (Phi) is 6.07. The van der Waals surface area contributed by atoms with Crippen LogP contribution in [-0.4, -0.2) is 29.8 Å². The molecule has 0 saturated heterocycles. The van der Waals surface area contributed by atoms with E-state index in [-0.39, 0.29) is 16.7 Å². The molecule has 0 radical (unpaired) electrons. The average Bonchev–Trinajstić information content (AvgIpc) is 3.43. The average molecular weight is 518 g/mol. The van der Waals surface area contributed by atoms with Crippen molar-refractivity contribution in [3.05, 3.63) is 92.8 Å². The molecule has 36 heavy (non-hydrogen) atoms. The van der Waals surface area contributed by atoms with Crippen LogP contribution in [0.1, 0.15) is 42.2 Å². The van der Waals surface area contributed by atoms with Crippen LogP contribution in [0.3, 0.4) is 0 Å². The first-order valence-corrected chi connectivity index (χ1v) is 12.2. The van der Waals surface area contributed by atoms with Gasteiger partial charge in [0.2, 0.25) is 0 Å². The first-order chi connectivity index (χ1) is 17.3. The van der Waals surface area contributed by atoms with E-state index in [1.807, 2.05) is 32.0 Å². The lowest BCUT2D eigenvalue weighted by atomic mass is 10.1. The van der Waals surface area contributed by atoms with E-state index in [0.717, 1.165) is 16.7 Å². The molecule has 1 aliphatic heterocycles. The van der Waals surface area contributed by atoms with Gasteiger partial charge in [0.25, 0.3) is 17.7 Å². The smallest absolute Gasteiger partial charge is 0.266 e. The molecular weight excluding hydrogens is 498 g/mol. The quantitative estimate of drug-likeness (QED) is 0.321. The second-order valence-corrected chi connectivity index (χ2v) is 9.60. The lowest BCUT2D eigenvalue weighted by Crippen LogP contribution is -2.30. The fourth-order valence-electron chi connectivity index (χ4n) is 4.02. The van der Waals surface area contributed by atoms with Crippen molar-refractivity contribution in [3.63, 3.8) is 0 Å². The Hall–Kier alpha value is -4.01. The van der Waals surface area contributed by atoms with Crippen LogP contribution in [0.25, 0.3) is 11.3 Å². The van der Waals surface area contributed by atoms with Crippen molar-refractivity contribution in [3.8, 4) is 17.0 Å². The molecule has 0 saturated carbocycles. The van der Waals surface area contributed by atoms with Crippen molar-refractivity contribution in [2.45, 2.75) is 13.8 Å². The normalized spacial score (nSPS) is 12.6. The number of halogens is 1. The Balaban J connectivity index is 1.37. The van der Waals surface area contributed by atoms with Crippen LogP contribution in [0.5, 0.6) is 5.75 Å². The predicted molar refractivity (Wildman–Crippen MR) is 141 cm³/mol. The number of hydrogen-bond acceptors (Lipinski definition) is 6. The molecule has 0 unspecified atom stereocenters. The van der Waals surface area contributed by atoms with E-state index in [1.165, 1.54) is 34.4 Å². The monoisotopic (exact) mass is 517 g/mol. The molecule has 3 aromatic carbocycles. The van der Waals surface area contributed by atoms with Gasteiger partial charge < -0.3 is 4.74 Å². The van der Waals surface area contributed by atoms with Crippen LogP contribution < -0.4 is 15.0 Å². The summed E-state index contributed by atoms with van der Waals surface area (Å²) in [6, 6.07) is 15.4. The molecule has 1 aliphatic rings. The zero-order chi connectivity index (χ0) is 25.6. The SMILES string of the molecule is COc1ccc(-c2csc(NC(=O)c3ccc4c(c3)C(=O)N(c3cc(C)ccc3C)C4=O)n2)cc1Cl. The molecule has 4 aromatic rings. The van der Waals surface area contributed by atoms with Gasteiger partial charge in [-0.15, -0.1) is 11.3 Å². The number of nitrogens with one attached hydrogen (secondary N) is 1. The highest BCUT2D eigenvalue weighted by atomic mass is 35.5. The lowest BCUT2D eigenvalue weighted by Gasteiger charge is -2.17. The number of carbonyl (C=O) groups is 3. The van der Waals surface area contributed by atoms with Crippen molar-refractivity contribution in [2.24, 2.45) is 0 Å². The molecule has 0 bridgehead atoms. The fourth-order valence-corrected chi connectivity index (χ4v) is 4.99.